The van der Waals surface area contributed by atoms with Crippen LogP contribution in [0.5, 0.6) is 0 Å². The van der Waals surface area contributed by atoms with Gasteiger partial charge in [-0.25, -0.2) is 12.8 Å². The smallest absolute Gasteiger partial charge is 0.264 e. The fourth-order valence-electron chi connectivity index (χ4n) is 4.44. The standard InChI is InChI=1S/C31H29ClFN3O4S/c1-34-31(38)29(20-23-11-4-2-5-12-23)35(21-24-13-10-14-25(32)19-24)30(37)22-36(28-18-9-8-17-27(28)33)41(39,40)26-15-6-3-7-16-26/h2-19,29H,20-22H2,1H3,(H,34,38)/t29-/m0/s1. The topological polar surface area (TPSA) is 86.8 Å². The van der Waals surface area contributed by atoms with E-state index in [1.807, 2.05) is 30.3 Å². The first kappa shape index (κ1) is 29.8. The Hall–Kier alpha value is -4.21. The molecule has 0 aliphatic heterocycles. The van der Waals surface area contributed by atoms with Gasteiger partial charge in [-0.05, 0) is 47.5 Å². The lowest BCUT2D eigenvalue weighted by molar-refractivity contribution is -0.139. The molecule has 0 fully saturated rings. The summed E-state index contributed by atoms with van der Waals surface area (Å²) in [5.41, 5.74) is 1.15. The van der Waals surface area contributed by atoms with Gasteiger partial charge in [0.25, 0.3) is 10.0 Å². The minimum atomic E-state index is -4.37. The van der Waals surface area contributed by atoms with Gasteiger partial charge >= 0.3 is 0 Å². The Morgan fingerprint density at radius 1 is 0.854 bits per heavy atom. The molecule has 0 spiro atoms. The molecule has 4 aromatic rings. The highest BCUT2D eigenvalue weighted by molar-refractivity contribution is 7.92. The lowest BCUT2D eigenvalue weighted by atomic mass is 10.0. The van der Waals surface area contributed by atoms with Crippen molar-refractivity contribution in [2.75, 3.05) is 17.9 Å². The molecule has 0 bridgehead atoms. The lowest BCUT2D eigenvalue weighted by Gasteiger charge is -2.33. The lowest BCUT2D eigenvalue weighted by Crippen LogP contribution is -2.53. The third kappa shape index (κ3) is 7.31. The van der Waals surface area contributed by atoms with Crippen LogP contribution >= 0.6 is 11.6 Å². The van der Waals surface area contributed by atoms with E-state index < -0.39 is 40.2 Å². The Balaban J connectivity index is 1.79. The van der Waals surface area contributed by atoms with Crippen molar-refractivity contribution in [3.63, 3.8) is 0 Å². The maximum Gasteiger partial charge on any atom is 0.264 e. The summed E-state index contributed by atoms with van der Waals surface area (Å²) in [5, 5.41) is 3.06. The number of nitrogens with zero attached hydrogens (tertiary/aromatic N) is 2. The minimum Gasteiger partial charge on any atom is -0.357 e. The molecule has 41 heavy (non-hydrogen) atoms. The number of likely N-dealkylation sites (N-methyl/N-ethyl adjacent to an activating group) is 1. The van der Waals surface area contributed by atoms with E-state index in [0.29, 0.717) is 10.6 Å². The highest BCUT2D eigenvalue weighted by Crippen LogP contribution is 2.27. The quantitative estimate of drug-likeness (QED) is 0.263. The highest BCUT2D eigenvalue weighted by Gasteiger charge is 2.35. The van der Waals surface area contributed by atoms with Crippen molar-refractivity contribution in [2.24, 2.45) is 0 Å². The first-order chi connectivity index (χ1) is 19.7. The van der Waals surface area contributed by atoms with Crippen molar-refractivity contribution < 1.29 is 22.4 Å². The predicted molar refractivity (Wildman–Crippen MR) is 157 cm³/mol. The number of anilines is 1. The summed E-state index contributed by atoms with van der Waals surface area (Å²) < 4.78 is 43.4. The summed E-state index contributed by atoms with van der Waals surface area (Å²) in [6.07, 6.45) is 0.165. The molecule has 0 aliphatic carbocycles. The van der Waals surface area contributed by atoms with Gasteiger partial charge in [-0.15, -0.1) is 0 Å². The monoisotopic (exact) mass is 593 g/mol. The summed E-state index contributed by atoms with van der Waals surface area (Å²) in [6, 6.07) is 27.8. The van der Waals surface area contributed by atoms with Crippen LogP contribution in [0.4, 0.5) is 10.1 Å². The minimum absolute atomic E-state index is 0.0409. The third-order valence-electron chi connectivity index (χ3n) is 6.49. The van der Waals surface area contributed by atoms with Crippen LogP contribution in [0.1, 0.15) is 11.1 Å². The number of halogens is 2. The molecule has 1 atom stereocenters. The molecule has 0 saturated heterocycles. The second-order valence-electron chi connectivity index (χ2n) is 9.25. The number of para-hydroxylation sites is 1. The van der Waals surface area contributed by atoms with Gasteiger partial charge in [0, 0.05) is 25.0 Å². The molecule has 0 saturated carbocycles. The number of carbonyl (C=O) groups is 2. The molecular weight excluding hydrogens is 565 g/mol. The fourth-order valence-corrected chi connectivity index (χ4v) is 6.10. The van der Waals surface area contributed by atoms with Crippen molar-refractivity contribution in [1.29, 1.82) is 0 Å². The van der Waals surface area contributed by atoms with Crippen molar-refractivity contribution >= 4 is 39.1 Å². The average molecular weight is 594 g/mol. The zero-order valence-electron chi connectivity index (χ0n) is 22.3. The molecule has 0 radical (unpaired) electrons. The molecule has 4 aromatic carbocycles. The van der Waals surface area contributed by atoms with Crippen LogP contribution in [0.2, 0.25) is 5.02 Å². The molecule has 212 valence electrons. The van der Waals surface area contributed by atoms with E-state index in [1.165, 1.54) is 42.3 Å². The molecule has 0 aliphatic rings. The first-order valence-electron chi connectivity index (χ1n) is 12.8. The molecular formula is C31H29ClFN3O4S. The number of rotatable bonds is 11. The largest absolute Gasteiger partial charge is 0.357 e. The number of amides is 2. The summed E-state index contributed by atoms with van der Waals surface area (Å²) in [7, 11) is -2.90. The Bertz CT molecular complexity index is 1600. The number of carbonyl (C=O) groups excluding carboxylic acids is 2. The van der Waals surface area contributed by atoms with Crippen LogP contribution in [0, 0.1) is 5.82 Å². The Labute approximate surface area is 244 Å². The van der Waals surface area contributed by atoms with Crippen LogP contribution in [0.25, 0.3) is 0 Å². The molecule has 4 rings (SSSR count). The van der Waals surface area contributed by atoms with Gasteiger partial charge in [0.1, 0.15) is 18.4 Å². The van der Waals surface area contributed by atoms with Gasteiger partial charge in [0.2, 0.25) is 11.8 Å². The zero-order chi connectivity index (χ0) is 29.4. The molecule has 1 N–H and O–H groups in total. The van der Waals surface area contributed by atoms with Crippen molar-refractivity contribution in [3.05, 3.63) is 131 Å². The normalized spacial score (nSPS) is 11.9. The third-order valence-corrected chi connectivity index (χ3v) is 8.50. The highest BCUT2D eigenvalue weighted by atomic mass is 35.5. The molecule has 2 amide bonds. The van der Waals surface area contributed by atoms with Gasteiger partial charge in [0.15, 0.2) is 0 Å². The van der Waals surface area contributed by atoms with E-state index in [9.17, 15) is 18.0 Å². The Morgan fingerprint density at radius 3 is 2.10 bits per heavy atom. The summed E-state index contributed by atoms with van der Waals surface area (Å²) in [6.45, 7) is -0.790. The Kier molecular flexibility index (Phi) is 9.75. The van der Waals surface area contributed by atoms with Crippen molar-refractivity contribution in [1.82, 2.24) is 10.2 Å². The van der Waals surface area contributed by atoms with Crippen LogP contribution < -0.4 is 9.62 Å². The van der Waals surface area contributed by atoms with E-state index in [0.717, 1.165) is 15.9 Å². The fraction of sp³-hybridized carbons (Fsp3) is 0.161. The Morgan fingerprint density at radius 2 is 1.46 bits per heavy atom. The van der Waals surface area contributed by atoms with E-state index in [2.05, 4.69) is 5.32 Å². The van der Waals surface area contributed by atoms with Gasteiger partial charge < -0.3 is 10.2 Å². The van der Waals surface area contributed by atoms with Crippen LogP contribution in [-0.2, 0) is 32.6 Å². The van der Waals surface area contributed by atoms with Crippen LogP contribution in [0.15, 0.2) is 114 Å². The number of sulfonamides is 1. The molecule has 10 heteroatoms. The van der Waals surface area contributed by atoms with E-state index in [-0.39, 0.29) is 23.5 Å². The summed E-state index contributed by atoms with van der Waals surface area (Å²) in [5.74, 6) is -1.95. The van der Waals surface area contributed by atoms with Gasteiger partial charge in [-0.3, -0.25) is 13.9 Å². The molecule has 0 heterocycles. The molecule has 0 unspecified atom stereocenters. The van der Waals surface area contributed by atoms with Crippen molar-refractivity contribution in [3.8, 4) is 0 Å². The average Bonchev–Trinajstić information content (AvgIpc) is 2.98. The number of benzene rings is 4. The zero-order valence-corrected chi connectivity index (χ0v) is 23.9. The molecule has 0 aromatic heterocycles. The molecule has 7 nitrogen and oxygen atoms in total. The number of nitrogens with one attached hydrogen (secondary N) is 1. The van der Waals surface area contributed by atoms with E-state index in [4.69, 9.17) is 11.6 Å². The maximum atomic E-state index is 15.0. The van der Waals surface area contributed by atoms with E-state index in [1.54, 1.807) is 42.5 Å². The maximum absolute atomic E-state index is 15.0. The first-order valence-corrected chi connectivity index (χ1v) is 14.6. The predicted octanol–water partition coefficient (Wildman–Crippen LogP) is 5.06. The summed E-state index contributed by atoms with van der Waals surface area (Å²) in [4.78, 5) is 28.6. The van der Waals surface area contributed by atoms with Crippen molar-refractivity contribution in [2.45, 2.75) is 23.9 Å². The van der Waals surface area contributed by atoms with Gasteiger partial charge in [-0.2, -0.15) is 0 Å². The van der Waals surface area contributed by atoms with Crippen LogP contribution in [0.3, 0.4) is 0 Å². The van der Waals surface area contributed by atoms with Gasteiger partial charge in [0.05, 0.1) is 10.6 Å². The number of hydrogen-bond donors (Lipinski definition) is 1. The van der Waals surface area contributed by atoms with Gasteiger partial charge in [-0.1, -0.05) is 84.4 Å². The van der Waals surface area contributed by atoms with E-state index >= 15 is 4.39 Å². The summed E-state index contributed by atoms with van der Waals surface area (Å²) >= 11 is 6.20. The second kappa shape index (κ2) is 13.4. The SMILES string of the molecule is CNC(=O)[C@H](Cc1ccccc1)N(Cc1cccc(Cl)c1)C(=O)CN(c1ccccc1F)S(=O)(=O)c1ccccc1. The second-order valence-corrected chi connectivity index (χ2v) is 11.5. The van der Waals surface area contributed by atoms with Crippen LogP contribution in [-0.4, -0.2) is 44.8 Å². The number of hydrogen-bond acceptors (Lipinski definition) is 4.